The molecule has 3 heteroatoms. The minimum atomic E-state index is 0. The minimum absolute atomic E-state index is 0. The Morgan fingerprint density at radius 2 is 0.868 bits per heavy atom. The van der Waals surface area contributed by atoms with Crippen LogP contribution in [0.15, 0.2) is 79.1 Å². The molecule has 0 saturated carbocycles. The number of hydrogen-bond donors (Lipinski definition) is 0. The van der Waals surface area contributed by atoms with Crippen molar-refractivity contribution in [2.75, 3.05) is 0 Å². The van der Waals surface area contributed by atoms with Gasteiger partial charge in [0.2, 0.25) is 0 Å². The van der Waals surface area contributed by atoms with Crippen molar-refractivity contribution in [1.82, 2.24) is 9.97 Å². The van der Waals surface area contributed by atoms with Crippen molar-refractivity contribution in [3.63, 3.8) is 0 Å². The molecule has 0 fully saturated rings. The van der Waals surface area contributed by atoms with Gasteiger partial charge in [-0.1, -0.05) is 59.7 Å². The molecule has 2 heterocycles. The minimum Gasteiger partial charge on any atom is -0.358 e. The number of aromatic nitrogens is 2. The van der Waals surface area contributed by atoms with Crippen LogP contribution >= 0.6 is 0 Å². The number of pyridine rings is 2. The summed E-state index contributed by atoms with van der Waals surface area (Å²) >= 11 is 0. The molecule has 5 rings (SSSR count). The second kappa shape index (κ2) is 12.0. The molecule has 0 unspecified atom stereocenters. The van der Waals surface area contributed by atoms with E-state index < -0.39 is 0 Å². The molecule has 0 radical (unpaired) electrons. The first-order valence-electron chi connectivity index (χ1n) is 12.4. The predicted molar refractivity (Wildman–Crippen MR) is 157 cm³/mol. The molecule has 0 saturated heterocycles. The van der Waals surface area contributed by atoms with Gasteiger partial charge in [-0.25, -0.2) is 0 Å². The number of aryl methyl sites for hydroxylation is 4. The molecule has 5 aromatic rings. The van der Waals surface area contributed by atoms with Crippen LogP contribution in [0.5, 0.6) is 0 Å². The zero-order valence-electron chi connectivity index (χ0n) is 23.2. The van der Waals surface area contributed by atoms with E-state index in [1.807, 2.05) is 18.5 Å². The van der Waals surface area contributed by atoms with Crippen molar-refractivity contribution >= 4 is 0 Å². The Morgan fingerprint density at radius 1 is 0.500 bits per heavy atom. The molecule has 38 heavy (non-hydrogen) atoms. The van der Waals surface area contributed by atoms with Crippen LogP contribution in [0, 0.1) is 55.0 Å². The summed E-state index contributed by atoms with van der Waals surface area (Å²) in [6, 6.07) is 27.1. The van der Waals surface area contributed by atoms with Gasteiger partial charge in [0.05, 0.1) is 0 Å². The van der Waals surface area contributed by atoms with E-state index in [-0.39, 0.29) is 28.5 Å². The second-order valence-corrected chi connectivity index (χ2v) is 9.81. The van der Waals surface area contributed by atoms with Crippen LogP contribution in [0.3, 0.4) is 0 Å². The van der Waals surface area contributed by atoms with Gasteiger partial charge in [0.25, 0.3) is 0 Å². The smallest absolute Gasteiger partial charge is 0.358 e. The summed E-state index contributed by atoms with van der Waals surface area (Å²) in [5.74, 6) is 0. The molecule has 0 N–H and O–H groups in total. The molecule has 0 atom stereocenters. The number of rotatable bonds is 4. The van der Waals surface area contributed by atoms with Gasteiger partial charge in [-0.2, -0.15) is 0 Å². The third-order valence-corrected chi connectivity index (χ3v) is 7.39. The topological polar surface area (TPSA) is 25.8 Å². The quantitative estimate of drug-likeness (QED) is 0.177. The third kappa shape index (κ3) is 5.87. The van der Waals surface area contributed by atoms with E-state index in [9.17, 15) is 0 Å². The largest absolute Gasteiger partial charge is 2.00 e. The number of hydrogen-bond acceptors (Lipinski definition) is 2. The Labute approximate surface area is 242 Å². The number of benzene rings is 3. The summed E-state index contributed by atoms with van der Waals surface area (Å²) in [4.78, 5) is 9.54. The van der Waals surface area contributed by atoms with Gasteiger partial charge >= 0.3 is 21.1 Å². The molecular weight excluding hydrogens is 643 g/mol. The molecule has 0 amide bonds. The van der Waals surface area contributed by atoms with Crippen molar-refractivity contribution in [3.05, 3.63) is 126 Å². The van der Waals surface area contributed by atoms with Crippen LogP contribution in [-0.2, 0) is 21.1 Å². The van der Waals surface area contributed by atoms with Crippen LogP contribution in [0.25, 0.3) is 44.8 Å². The van der Waals surface area contributed by atoms with Gasteiger partial charge in [-0.05, 0) is 97.2 Å². The Kier molecular flexibility index (Phi) is 9.23. The second-order valence-electron chi connectivity index (χ2n) is 9.81. The monoisotopic (exact) mass is 677 g/mol. The summed E-state index contributed by atoms with van der Waals surface area (Å²) in [5.41, 5.74) is 16.3. The van der Waals surface area contributed by atoms with E-state index in [2.05, 4.69) is 108 Å². The maximum Gasteiger partial charge on any atom is 2.00 e. The van der Waals surface area contributed by atoms with E-state index in [0.29, 0.717) is 0 Å². The molecule has 0 aliphatic rings. The maximum absolute atomic E-state index is 4.77. The molecule has 2 aromatic heterocycles. The van der Waals surface area contributed by atoms with Crippen LogP contribution in [0.2, 0.25) is 0 Å². The van der Waals surface area contributed by atoms with Gasteiger partial charge in [-0.3, -0.25) is 9.97 Å². The van der Waals surface area contributed by atoms with Gasteiger partial charge in [0, 0.05) is 23.8 Å². The van der Waals surface area contributed by atoms with Gasteiger partial charge in [0.15, 0.2) is 0 Å². The SMILES string of the molecule is Cc1cc(-c2ccc(-c3[c-]c(-c4ccc(-c5cc(C)c(C)c(C)c5)cn4)ccc3)nc2)cc(C)c1C.[CH3-].[Pt+2]. The van der Waals surface area contributed by atoms with Gasteiger partial charge in [-0.15, -0.1) is 24.3 Å². The van der Waals surface area contributed by atoms with Crippen LogP contribution in [-0.4, -0.2) is 9.97 Å². The Bertz CT molecular complexity index is 1400. The first-order valence-corrected chi connectivity index (χ1v) is 12.4. The first kappa shape index (κ1) is 29.2. The van der Waals surface area contributed by atoms with Crippen LogP contribution in [0.1, 0.15) is 33.4 Å². The van der Waals surface area contributed by atoms with E-state index >= 15 is 0 Å². The number of nitrogens with zero attached hydrogens (tertiary/aromatic N) is 2. The summed E-state index contributed by atoms with van der Waals surface area (Å²) < 4.78 is 0. The van der Waals surface area contributed by atoms with E-state index in [4.69, 9.17) is 9.97 Å². The Morgan fingerprint density at radius 3 is 1.18 bits per heavy atom. The fourth-order valence-corrected chi connectivity index (χ4v) is 4.62. The molecular formula is C35H34N2Pt. The Balaban J connectivity index is 0.00000200. The van der Waals surface area contributed by atoms with Crippen molar-refractivity contribution in [1.29, 1.82) is 0 Å². The van der Waals surface area contributed by atoms with Crippen molar-refractivity contribution in [3.8, 4) is 44.8 Å². The fourth-order valence-electron chi connectivity index (χ4n) is 4.62. The van der Waals surface area contributed by atoms with E-state index in [0.717, 1.165) is 33.6 Å². The van der Waals surface area contributed by atoms with E-state index in [1.165, 1.54) is 44.5 Å². The van der Waals surface area contributed by atoms with Crippen LogP contribution < -0.4 is 0 Å². The van der Waals surface area contributed by atoms with Crippen molar-refractivity contribution < 1.29 is 21.1 Å². The standard InChI is InChI=1S/C34H31N2.CH3.Pt/c1-21-14-31(15-22(2)25(21)5)29-10-12-33(35-19-29)27-8-7-9-28(18-27)34-13-11-30(20-36-34)32-16-23(3)26(6)24(4)17-32;;/h7-17,19-20H,1-6H3;1H3;/q2*-1;+2. The normalized spacial score (nSPS) is 10.5. The predicted octanol–water partition coefficient (Wildman–Crippen LogP) is 9.24. The zero-order chi connectivity index (χ0) is 25.4. The van der Waals surface area contributed by atoms with Gasteiger partial charge in [0.1, 0.15) is 0 Å². The average Bonchev–Trinajstić information content (AvgIpc) is 2.90. The zero-order valence-corrected chi connectivity index (χ0v) is 25.5. The van der Waals surface area contributed by atoms with Gasteiger partial charge < -0.3 is 7.43 Å². The summed E-state index contributed by atoms with van der Waals surface area (Å²) in [7, 11) is 0. The van der Waals surface area contributed by atoms with E-state index in [1.54, 1.807) is 0 Å². The molecule has 194 valence electrons. The van der Waals surface area contributed by atoms with Crippen molar-refractivity contribution in [2.45, 2.75) is 41.5 Å². The third-order valence-electron chi connectivity index (χ3n) is 7.39. The summed E-state index contributed by atoms with van der Waals surface area (Å²) in [6.07, 6.45) is 3.91. The molecule has 0 aliphatic carbocycles. The molecule has 0 spiro atoms. The van der Waals surface area contributed by atoms with Crippen molar-refractivity contribution in [2.24, 2.45) is 0 Å². The maximum atomic E-state index is 4.77. The fraction of sp³-hybridized carbons (Fsp3) is 0.171. The molecule has 0 aliphatic heterocycles. The molecule has 0 bridgehead atoms. The van der Waals surface area contributed by atoms with Crippen LogP contribution in [0.4, 0.5) is 0 Å². The Hall–Kier alpha value is -3.35. The summed E-state index contributed by atoms with van der Waals surface area (Å²) in [5, 5.41) is 0. The molecule has 2 nitrogen and oxygen atoms in total. The average molecular weight is 678 g/mol. The summed E-state index contributed by atoms with van der Waals surface area (Å²) in [6.45, 7) is 13.0. The molecule has 3 aromatic carbocycles. The first-order chi connectivity index (χ1) is 17.3.